The van der Waals surface area contributed by atoms with Gasteiger partial charge in [-0.05, 0) is 25.7 Å². The molecule has 0 fully saturated rings. The fourth-order valence-electron chi connectivity index (χ4n) is 1.30. The van der Waals surface area contributed by atoms with Gasteiger partial charge in [0.15, 0.2) is 0 Å². The van der Waals surface area contributed by atoms with Crippen molar-refractivity contribution in [3.05, 3.63) is 0 Å². The fourth-order valence-corrected chi connectivity index (χ4v) is 1.30. The summed E-state index contributed by atoms with van der Waals surface area (Å²) in [5.74, 6) is 0. The molecule has 0 heterocycles. The molecule has 0 aromatic carbocycles. The minimum absolute atomic E-state index is 0.192. The highest BCUT2D eigenvalue weighted by molar-refractivity contribution is 6.40. The lowest BCUT2D eigenvalue weighted by Gasteiger charge is -2.11. The number of rotatable bonds is 9. The van der Waals surface area contributed by atoms with Gasteiger partial charge in [0.05, 0.1) is 0 Å². The molecule has 4 nitrogen and oxygen atoms in total. The Morgan fingerprint density at radius 2 is 2.07 bits per heavy atom. The maximum atomic E-state index is 8.60. The number of nitrogens with two attached hydrogens (primary N) is 1. The number of unbranched alkanes of at least 4 members (excludes halogenated alkanes) is 1. The minimum atomic E-state index is -1.16. The van der Waals surface area contributed by atoms with E-state index in [-0.39, 0.29) is 6.04 Å². The fraction of sp³-hybridized carbons (Fsp3) is 1.00. The number of hydrogen-bond donors (Lipinski definition) is 4. The van der Waals surface area contributed by atoms with Crippen LogP contribution in [0, 0.1) is 0 Å². The largest absolute Gasteiger partial charge is 0.451 e. The van der Waals surface area contributed by atoms with E-state index in [1.807, 2.05) is 0 Å². The van der Waals surface area contributed by atoms with Gasteiger partial charge in [0.25, 0.3) is 0 Å². The normalized spacial score (nSPS) is 12.9. The van der Waals surface area contributed by atoms with Gasteiger partial charge in [0.1, 0.15) is 0 Å². The van der Waals surface area contributed by atoms with Crippen LogP contribution in [-0.2, 0) is 0 Å². The molecule has 0 saturated carbocycles. The molecule has 0 aromatic heterocycles. The van der Waals surface area contributed by atoms with Crippen LogP contribution in [-0.4, -0.2) is 36.3 Å². The van der Waals surface area contributed by atoms with Crippen LogP contribution in [0.25, 0.3) is 0 Å². The highest BCUT2D eigenvalue weighted by Gasteiger charge is 2.06. The first-order chi connectivity index (χ1) is 6.66. The molecule has 5 heteroatoms. The summed E-state index contributed by atoms with van der Waals surface area (Å²) in [5.41, 5.74) is 5.84. The van der Waals surface area contributed by atoms with Crippen molar-refractivity contribution in [2.24, 2.45) is 5.73 Å². The average Bonchev–Trinajstić information content (AvgIpc) is 2.13. The lowest BCUT2D eigenvalue weighted by atomic mass is 9.83. The third-order valence-corrected chi connectivity index (χ3v) is 2.12. The molecule has 5 N–H and O–H groups in total. The Morgan fingerprint density at radius 3 is 2.64 bits per heavy atom. The zero-order valence-corrected chi connectivity index (χ0v) is 9.08. The van der Waals surface area contributed by atoms with Crippen molar-refractivity contribution in [1.29, 1.82) is 0 Å². The predicted molar refractivity (Wildman–Crippen MR) is 60.0 cm³/mol. The summed E-state index contributed by atoms with van der Waals surface area (Å²) >= 11 is 0. The number of nitrogens with one attached hydrogen (secondary N) is 1. The van der Waals surface area contributed by atoms with E-state index in [1.165, 1.54) is 0 Å². The van der Waals surface area contributed by atoms with Crippen molar-refractivity contribution in [2.75, 3.05) is 13.1 Å². The van der Waals surface area contributed by atoms with Crippen molar-refractivity contribution in [3.8, 4) is 0 Å². The van der Waals surface area contributed by atoms with E-state index in [4.69, 9.17) is 15.8 Å². The number of hydrogen-bond acceptors (Lipinski definition) is 4. The van der Waals surface area contributed by atoms with E-state index in [9.17, 15) is 0 Å². The molecule has 0 saturated heterocycles. The molecule has 0 aliphatic carbocycles. The summed E-state index contributed by atoms with van der Waals surface area (Å²) in [7, 11) is -1.16. The molecule has 0 radical (unpaired) electrons. The minimum Gasteiger partial charge on any atom is -0.427 e. The summed E-state index contributed by atoms with van der Waals surface area (Å²) in [6.07, 6.45) is 4.33. The molecule has 0 aliphatic rings. The molecule has 0 aliphatic heterocycles. The van der Waals surface area contributed by atoms with Crippen LogP contribution >= 0.6 is 0 Å². The molecular formula is C9H23BN2O2. The monoisotopic (exact) mass is 202 g/mol. The second-order valence-electron chi connectivity index (χ2n) is 3.73. The summed E-state index contributed by atoms with van der Waals surface area (Å²) < 4.78 is 0. The zero-order valence-electron chi connectivity index (χ0n) is 9.08. The zero-order chi connectivity index (χ0) is 10.8. The van der Waals surface area contributed by atoms with Gasteiger partial charge >= 0.3 is 7.12 Å². The molecule has 0 spiro atoms. The van der Waals surface area contributed by atoms with Crippen molar-refractivity contribution in [2.45, 2.75) is 45.0 Å². The maximum Gasteiger partial charge on any atom is 0.451 e. The maximum absolute atomic E-state index is 8.60. The first-order valence-corrected chi connectivity index (χ1v) is 5.49. The second-order valence-corrected chi connectivity index (χ2v) is 3.73. The summed E-state index contributed by atoms with van der Waals surface area (Å²) in [5, 5.41) is 20.5. The van der Waals surface area contributed by atoms with Gasteiger partial charge < -0.3 is 21.1 Å². The summed E-state index contributed by atoms with van der Waals surface area (Å²) in [6.45, 7) is 4.00. The van der Waals surface area contributed by atoms with Gasteiger partial charge in [0, 0.05) is 12.6 Å². The van der Waals surface area contributed by atoms with Crippen LogP contribution in [0.2, 0.25) is 6.32 Å². The second kappa shape index (κ2) is 9.46. The van der Waals surface area contributed by atoms with E-state index in [1.54, 1.807) is 0 Å². The van der Waals surface area contributed by atoms with Gasteiger partial charge in [0.2, 0.25) is 0 Å². The molecule has 84 valence electrons. The molecule has 1 unspecified atom stereocenters. The van der Waals surface area contributed by atoms with E-state index < -0.39 is 7.12 Å². The van der Waals surface area contributed by atoms with Crippen LogP contribution in [0.4, 0.5) is 0 Å². The SMILES string of the molecule is CCCNCC(N)CCCCB(O)O. The molecule has 0 aromatic rings. The lowest BCUT2D eigenvalue weighted by molar-refractivity contribution is 0.400. The molecule has 1 atom stereocenters. The topological polar surface area (TPSA) is 78.5 Å². The molecule has 0 amide bonds. The molecule has 0 bridgehead atoms. The molecule has 14 heavy (non-hydrogen) atoms. The quantitative estimate of drug-likeness (QED) is 0.312. The highest BCUT2D eigenvalue weighted by atomic mass is 16.4. The van der Waals surface area contributed by atoms with E-state index in [2.05, 4.69) is 12.2 Å². The van der Waals surface area contributed by atoms with E-state index >= 15 is 0 Å². The van der Waals surface area contributed by atoms with Crippen LogP contribution < -0.4 is 11.1 Å². The molecule has 0 rings (SSSR count). The molecular weight excluding hydrogens is 179 g/mol. The Balaban J connectivity index is 3.14. The highest BCUT2D eigenvalue weighted by Crippen LogP contribution is 2.03. The Kier molecular flexibility index (Phi) is 9.40. The van der Waals surface area contributed by atoms with Gasteiger partial charge in [-0.15, -0.1) is 0 Å². The Hall–Kier alpha value is -0.0951. The van der Waals surface area contributed by atoms with Gasteiger partial charge in [-0.25, -0.2) is 0 Å². The lowest BCUT2D eigenvalue weighted by Crippen LogP contribution is -2.34. The van der Waals surface area contributed by atoms with Crippen molar-refractivity contribution < 1.29 is 10.0 Å². The van der Waals surface area contributed by atoms with Gasteiger partial charge in [-0.3, -0.25) is 0 Å². The third kappa shape index (κ3) is 9.99. The smallest absolute Gasteiger partial charge is 0.427 e. The summed E-state index contributed by atoms with van der Waals surface area (Å²) in [4.78, 5) is 0. The van der Waals surface area contributed by atoms with Crippen LogP contribution in [0.3, 0.4) is 0 Å². The third-order valence-electron chi connectivity index (χ3n) is 2.12. The first-order valence-electron chi connectivity index (χ1n) is 5.49. The van der Waals surface area contributed by atoms with Gasteiger partial charge in [-0.2, -0.15) is 0 Å². The van der Waals surface area contributed by atoms with Crippen LogP contribution in [0.5, 0.6) is 0 Å². The van der Waals surface area contributed by atoms with Gasteiger partial charge in [-0.1, -0.05) is 19.8 Å². The Labute approximate surface area is 87.0 Å². The summed E-state index contributed by atoms with van der Waals surface area (Å²) in [6, 6.07) is 0.192. The van der Waals surface area contributed by atoms with Crippen molar-refractivity contribution >= 4 is 7.12 Å². The van der Waals surface area contributed by atoms with E-state index in [0.29, 0.717) is 6.32 Å². The average molecular weight is 202 g/mol. The standard InChI is InChI=1S/C9H23BN2O2/c1-2-7-12-8-9(11)5-3-4-6-10(13)14/h9,12-14H,2-8,11H2,1H3. The van der Waals surface area contributed by atoms with Crippen molar-refractivity contribution in [1.82, 2.24) is 5.32 Å². The van der Waals surface area contributed by atoms with E-state index in [0.717, 1.165) is 38.8 Å². The first kappa shape index (κ1) is 13.9. The Bertz CT molecular complexity index is 125. The predicted octanol–water partition coefficient (Wildman–Crippen LogP) is -0.0436. The Morgan fingerprint density at radius 1 is 1.36 bits per heavy atom. The van der Waals surface area contributed by atoms with Crippen molar-refractivity contribution in [3.63, 3.8) is 0 Å². The van der Waals surface area contributed by atoms with Crippen LogP contribution in [0.1, 0.15) is 32.6 Å². The van der Waals surface area contributed by atoms with Crippen LogP contribution in [0.15, 0.2) is 0 Å².